The van der Waals surface area contributed by atoms with Crippen molar-refractivity contribution in [3.05, 3.63) is 36.2 Å². The number of piperazine rings is 2. The maximum atomic E-state index is 13.0. The third kappa shape index (κ3) is 4.82. The second-order valence-corrected chi connectivity index (χ2v) is 7.91. The number of carbonyl (C=O) groups excluding carboxylic acids is 1. The minimum atomic E-state index is -0.0161. The predicted octanol–water partition coefficient (Wildman–Crippen LogP) is 1.21. The zero-order valence-corrected chi connectivity index (χ0v) is 18.5. The van der Waals surface area contributed by atoms with Crippen LogP contribution in [0.15, 0.2) is 30.6 Å². The summed E-state index contributed by atoms with van der Waals surface area (Å²) in [6.45, 7) is 6.74. The molecular weight excluding hydrogens is 396 g/mol. The largest absolute Gasteiger partial charge is 0.497 e. The van der Waals surface area contributed by atoms with E-state index in [4.69, 9.17) is 9.47 Å². The SMILES string of the molecule is COc1cc(OC)cc(C(=O)N2CCN(c3cc(N4CCN(C)CC4)ncn3)CC2)c1. The van der Waals surface area contributed by atoms with Gasteiger partial charge in [0.15, 0.2) is 0 Å². The average molecular weight is 427 g/mol. The van der Waals surface area contributed by atoms with Gasteiger partial charge in [0.25, 0.3) is 5.91 Å². The highest BCUT2D eigenvalue weighted by Crippen LogP contribution is 2.25. The Kier molecular flexibility index (Phi) is 6.41. The van der Waals surface area contributed by atoms with Crippen molar-refractivity contribution in [2.75, 3.05) is 83.4 Å². The van der Waals surface area contributed by atoms with Crippen LogP contribution in [0.4, 0.5) is 11.6 Å². The second-order valence-electron chi connectivity index (χ2n) is 7.91. The van der Waals surface area contributed by atoms with E-state index in [9.17, 15) is 4.79 Å². The molecule has 3 heterocycles. The van der Waals surface area contributed by atoms with E-state index in [1.807, 2.05) is 4.90 Å². The minimum absolute atomic E-state index is 0.0161. The number of hydrogen-bond acceptors (Lipinski definition) is 8. The van der Waals surface area contributed by atoms with Gasteiger partial charge in [0.05, 0.1) is 14.2 Å². The van der Waals surface area contributed by atoms with Gasteiger partial charge in [-0.25, -0.2) is 9.97 Å². The van der Waals surface area contributed by atoms with Gasteiger partial charge in [-0.05, 0) is 19.2 Å². The summed E-state index contributed by atoms with van der Waals surface area (Å²) >= 11 is 0. The van der Waals surface area contributed by atoms with E-state index >= 15 is 0 Å². The molecule has 2 saturated heterocycles. The lowest BCUT2D eigenvalue weighted by Gasteiger charge is -2.36. The quantitative estimate of drug-likeness (QED) is 0.706. The predicted molar refractivity (Wildman–Crippen MR) is 119 cm³/mol. The van der Waals surface area contributed by atoms with Gasteiger partial charge in [-0.15, -0.1) is 0 Å². The summed E-state index contributed by atoms with van der Waals surface area (Å²) in [5.74, 6) is 3.09. The monoisotopic (exact) mass is 426 g/mol. The van der Waals surface area contributed by atoms with E-state index in [0.717, 1.165) is 50.9 Å². The molecule has 2 fully saturated rings. The van der Waals surface area contributed by atoms with Crippen LogP contribution >= 0.6 is 0 Å². The first-order valence-electron chi connectivity index (χ1n) is 10.6. The molecule has 0 unspecified atom stereocenters. The number of methoxy groups -OCH3 is 2. The Balaban J connectivity index is 1.40. The van der Waals surface area contributed by atoms with Crippen molar-refractivity contribution in [1.29, 1.82) is 0 Å². The van der Waals surface area contributed by atoms with Gasteiger partial charge >= 0.3 is 0 Å². The summed E-state index contributed by atoms with van der Waals surface area (Å²) in [5.41, 5.74) is 0.573. The highest BCUT2D eigenvalue weighted by molar-refractivity contribution is 5.95. The first-order valence-corrected chi connectivity index (χ1v) is 10.6. The van der Waals surface area contributed by atoms with Crippen molar-refractivity contribution in [2.45, 2.75) is 0 Å². The molecule has 0 bridgehead atoms. The highest BCUT2D eigenvalue weighted by Gasteiger charge is 2.25. The molecule has 0 saturated carbocycles. The normalized spacial score (nSPS) is 17.6. The number of anilines is 2. The number of likely N-dealkylation sites (N-methyl/N-ethyl adjacent to an activating group) is 1. The number of benzene rings is 1. The molecule has 0 radical (unpaired) electrons. The molecule has 9 nitrogen and oxygen atoms in total. The lowest BCUT2D eigenvalue weighted by Crippen LogP contribution is -2.49. The molecule has 0 aliphatic carbocycles. The van der Waals surface area contributed by atoms with Crippen molar-refractivity contribution >= 4 is 17.5 Å². The molecule has 1 aromatic carbocycles. The summed E-state index contributed by atoms with van der Waals surface area (Å²) < 4.78 is 10.6. The van der Waals surface area contributed by atoms with Crippen molar-refractivity contribution < 1.29 is 14.3 Å². The maximum Gasteiger partial charge on any atom is 0.254 e. The third-order valence-corrected chi connectivity index (χ3v) is 5.95. The number of amides is 1. The molecule has 0 atom stereocenters. The average Bonchev–Trinajstić information content (AvgIpc) is 2.84. The lowest BCUT2D eigenvalue weighted by molar-refractivity contribution is 0.0745. The van der Waals surface area contributed by atoms with Crippen LogP contribution < -0.4 is 19.3 Å². The summed E-state index contributed by atoms with van der Waals surface area (Å²) in [5, 5.41) is 0. The summed E-state index contributed by atoms with van der Waals surface area (Å²) in [4.78, 5) is 30.7. The molecule has 4 rings (SSSR count). The number of ether oxygens (including phenoxy) is 2. The fourth-order valence-electron chi connectivity index (χ4n) is 3.97. The summed E-state index contributed by atoms with van der Waals surface area (Å²) in [6, 6.07) is 7.34. The van der Waals surface area contributed by atoms with Crippen LogP contribution in [0.2, 0.25) is 0 Å². The highest BCUT2D eigenvalue weighted by atomic mass is 16.5. The fourth-order valence-corrected chi connectivity index (χ4v) is 3.97. The summed E-state index contributed by atoms with van der Waals surface area (Å²) in [7, 11) is 5.31. The third-order valence-electron chi connectivity index (χ3n) is 5.95. The smallest absolute Gasteiger partial charge is 0.254 e. The fraction of sp³-hybridized carbons (Fsp3) is 0.500. The Morgan fingerprint density at radius 2 is 1.29 bits per heavy atom. The Bertz CT molecular complexity index is 886. The Labute approximate surface area is 183 Å². The lowest BCUT2D eigenvalue weighted by atomic mass is 10.1. The van der Waals surface area contributed by atoms with E-state index in [0.29, 0.717) is 30.2 Å². The zero-order chi connectivity index (χ0) is 21.8. The van der Waals surface area contributed by atoms with Gasteiger partial charge in [0, 0.05) is 70.1 Å². The van der Waals surface area contributed by atoms with Crippen LogP contribution in [0, 0.1) is 0 Å². The van der Waals surface area contributed by atoms with Gasteiger partial charge in [0.2, 0.25) is 0 Å². The van der Waals surface area contributed by atoms with Crippen LogP contribution in [0.25, 0.3) is 0 Å². The molecule has 166 valence electrons. The maximum absolute atomic E-state index is 13.0. The molecule has 9 heteroatoms. The van der Waals surface area contributed by atoms with E-state index in [1.165, 1.54) is 0 Å². The minimum Gasteiger partial charge on any atom is -0.497 e. The molecular formula is C22H30N6O3. The van der Waals surface area contributed by atoms with Gasteiger partial charge in [-0.2, -0.15) is 0 Å². The molecule has 0 N–H and O–H groups in total. The number of hydrogen-bond donors (Lipinski definition) is 0. The van der Waals surface area contributed by atoms with E-state index < -0.39 is 0 Å². The van der Waals surface area contributed by atoms with E-state index in [-0.39, 0.29) is 5.91 Å². The van der Waals surface area contributed by atoms with Crippen LogP contribution in [-0.2, 0) is 0 Å². The number of carbonyl (C=O) groups is 1. The first-order chi connectivity index (χ1) is 15.1. The Hall–Kier alpha value is -3.07. The standard InChI is InChI=1S/C22H30N6O3/c1-25-4-6-26(7-5-25)20-15-21(24-16-23-20)27-8-10-28(11-9-27)22(29)17-12-18(30-2)14-19(13-17)31-3/h12-16H,4-11H2,1-3H3. The molecule has 0 spiro atoms. The topological polar surface area (TPSA) is 74.3 Å². The molecule has 2 aromatic rings. The van der Waals surface area contributed by atoms with Crippen molar-refractivity contribution in [1.82, 2.24) is 19.8 Å². The zero-order valence-electron chi connectivity index (χ0n) is 18.5. The number of aromatic nitrogens is 2. The summed E-state index contributed by atoms with van der Waals surface area (Å²) in [6.07, 6.45) is 1.64. The van der Waals surface area contributed by atoms with E-state index in [2.05, 4.69) is 37.8 Å². The van der Waals surface area contributed by atoms with Crippen LogP contribution in [0.1, 0.15) is 10.4 Å². The van der Waals surface area contributed by atoms with Gasteiger partial charge in [-0.3, -0.25) is 4.79 Å². The molecule has 1 amide bonds. The molecule has 2 aliphatic rings. The van der Waals surface area contributed by atoms with Crippen molar-refractivity contribution in [3.8, 4) is 11.5 Å². The van der Waals surface area contributed by atoms with Crippen molar-refractivity contribution in [2.24, 2.45) is 0 Å². The Morgan fingerprint density at radius 1 is 0.774 bits per heavy atom. The van der Waals surface area contributed by atoms with Crippen LogP contribution in [0.3, 0.4) is 0 Å². The van der Waals surface area contributed by atoms with Gasteiger partial charge < -0.3 is 29.1 Å². The Morgan fingerprint density at radius 3 is 1.81 bits per heavy atom. The number of nitrogens with zero attached hydrogens (tertiary/aromatic N) is 6. The van der Waals surface area contributed by atoms with Gasteiger partial charge in [-0.1, -0.05) is 0 Å². The van der Waals surface area contributed by atoms with E-state index in [1.54, 1.807) is 38.7 Å². The van der Waals surface area contributed by atoms with Crippen LogP contribution in [-0.4, -0.2) is 99.3 Å². The van der Waals surface area contributed by atoms with Gasteiger partial charge in [0.1, 0.15) is 29.5 Å². The first kappa shape index (κ1) is 21.2. The van der Waals surface area contributed by atoms with Crippen LogP contribution in [0.5, 0.6) is 11.5 Å². The van der Waals surface area contributed by atoms with Crippen molar-refractivity contribution in [3.63, 3.8) is 0 Å². The molecule has 31 heavy (non-hydrogen) atoms. The number of rotatable bonds is 5. The second kappa shape index (κ2) is 9.38. The molecule has 2 aliphatic heterocycles. The molecule has 1 aromatic heterocycles.